The van der Waals surface area contributed by atoms with Crippen LogP contribution in [-0.2, 0) is 9.53 Å². The van der Waals surface area contributed by atoms with Crippen molar-refractivity contribution in [2.45, 2.75) is 51.5 Å². The van der Waals surface area contributed by atoms with Gasteiger partial charge in [0.25, 0.3) is 0 Å². The normalized spacial score (nSPS) is 20.8. The number of aryl methyl sites for hydroxylation is 1. The van der Waals surface area contributed by atoms with Gasteiger partial charge in [-0.1, -0.05) is 31.4 Å². The van der Waals surface area contributed by atoms with Gasteiger partial charge in [0.1, 0.15) is 11.3 Å². The van der Waals surface area contributed by atoms with Crippen molar-refractivity contribution in [1.29, 1.82) is 0 Å². The summed E-state index contributed by atoms with van der Waals surface area (Å²) in [7, 11) is 1.35. The van der Waals surface area contributed by atoms with Crippen LogP contribution in [0.1, 0.15) is 44.1 Å². The van der Waals surface area contributed by atoms with E-state index in [1.807, 2.05) is 25.3 Å². The van der Waals surface area contributed by atoms with E-state index in [9.17, 15) is 4.79 Å². The van der Waals surface area contributed by atoms with Gasteiger partial charge >= 0.3 is 5.97 Å². The van der Waals surface area contributed by atoms with Crippen molar-refractivity contribution in [3.8, 4) is 5.75 Å². The molecule has 6 heteroatoms. The van der Waals surface area contributed by atoms with Gasteiger partial charge in [0.2, 0.25) is 5.95 Å². The Bertz CT molecular complexity index is 830. The molecule has 0 bridgehead atoms. The number of anilines is 1. The fourth-order valence-electron chi connectivity index (χ4n) is 4.13. The molecule has 6 nitrogen and oxygen atoms in total. The SMILES string of the molecule is COC(=O)COc1c(C)ccc2cnc(NC3CC34CCCCC4)nc12. The van der Waals surface area contributed by atoms with E-state index < -0.39 is 5.97 Å². The van der Waals surface area contributed by atoms with E-state index in [1.54, 1.807) is 0 Å². The third-order valence-electron chi connectivity index (χ3n) is 5.81. The van der Waals surface area contributed by atoms with E-state index in [4.69, 9.17) is 9.72 Å². The first-order valence-corrected chi connectivity index (χ1v) is 9.34. The lowest BCUT2D eigenvalue weighted by Gasteiger charge is -2.22. The van der Waals surface area contributed by atoms with Crippen molar-refractivity contribution < 1.29 is 14.3 Å². The number of methoxy groups -OCH3 is 1. The Morgan fingerprint density at radius 3 is 2.88 bits per heavy atom. The Balaban J connectivity index is 1.56. The number of hydrogen-bond donors (Lipinski definition) is 1. The summed E-state index contributed by atoms with van der Waals surface area (Å²) in [4.78, 5) is 20.6. The smallest absolute Gasteiger partial charge is 0.343 e. The maximum absolute atomic E-state index is 11.4. The standard InChI is InChI=1S/C20H25N3O3/c1-13-6-7-14-11-21-19(22-15-10-20(15)8-4-3-5-9-20)23-17(14)18(13)26-12-16(24)25-2/h6-7,11,15H,3-5,8-10,12H2,1-2H3,(H,21,22,23). The first-order valence-electron chi connectivity index (χ1n) is 9.34. The Kier molecular flexibility index (Phi) is 4.42. The molecule has 1 aromatic carbocycles. The number of carbonyl (C=O) groups is 1. The van der Waals surface area contributed by atoms with Crippen LogP contribution in [-0.4, -0.2) is 35.7 Å². The molecular weight excluding hydrogens is 330 g/mol. The minimum Gasteiger partial charge on any atom is -0.479 e. The van der Waals surface area contributed by atoms with Crippen LogP contribution in [0.2, 0.25) is 0 Å². The molecule has 2 aliphatic rings. The largest absolute Gasteiger partial charge is 0.479 e. The van der Waals surface area contributed by atoms with Gasteiger partial charge < -0.3 is 14.8 Å². The summed E-state index contributed by atoms with van der Waals surface area (Å²) < 4.78 is 10.4. The second-order valence-corrected chi connectivity index (χ2v) is 7.53. The molecule has 2 fully saturated rings. The first-order chi connectivity index (χ1) is 12.6. The highest BCUT2D eigenvalue weighted by molar-refractivity contribution is 5.86. The number of carbonyl (C=O) groups excluding carboxylic acids is 1. The quantitative estimate of drug-likeness (QED) is 0.826. The number of esters is 1. The van der Waals surface area contributed by atoms with E-state index in [-0.39, 0.29) is 6.61 Å². The molecule has 2 aromatic rings. The third-order valence-corrected chi connectivity index (χ3v) is 5.81. The number of benzene rings is 1. The molecule has 1 aromatic heterocycles. The zero-order chi connectivity index (χ0) is 18.1. The minimum absolute atomic E-state index is 0.130. The molecule has 1 spiro atoms. The van der Waals surface area contributed by atoms with Crippen LogP contribution in [0, 0.1) is 12.3 Å². The average molecular weight is 355 g/mol. The summed E-state index contributed by atoms with van der Waals surface area (Å²) >= 11 is 0. The number of rotatable bonds is 5. The highest BCUT2D eigenvalue weighted by atomic mass is 16.6. The Morgan fingerprint density at radius 1 is 1.31 bits per heavy atom. The van der Waals surface area contributed by atoms with Crippen molar-refractivity contribution in [2.24, 2.45) is 5.41 Å². The molecule has 1 N–H and O–H groups in total. The summed E-state index contributed by atoms with van der Waals surface area (Å²) in [5.41, 5.74) is 2.12. The summed E-state index contributed by atoms with van der Waals surface area (Å²) in [5.74, 6) is 0.839. The lowest BCUT2D eigenvalue weighted by molar-refractivity contribution is -0.142. The number of nitrogens with one attached hydrogen (secondary N) is 1. The maximum atomic E-state index is 11.4. The maximum Gasteiger partial charge on any atom is 0.343 e. The monoisotopic (exact) mass is 355 g/mol. The van der Waals surface area contributed by atoms with Crippen LogP contribution < -0.4 is 10.1 Å². The van der Waals surface area contributed by atoms with Crippen molar-refractivity contribution in [2.75, 3.05) is 19.0 Å². The summed E-state index contributed by atoms with van der Waals surface area (Å²) in [6, 6.07) is 4.40. The Morgan fingerprint density at radius 2 is 2.12 bits per heavy atom. The van der Waals surface area contributed by atoms with Crippen molar-refractivity contribution in [3.63, 3.8) is 0 Å². The van der Waals surface area contributed by atoms with E-state index in [0.717, 1.165) is 16.5 Å². The van der Waals surface area contributed by atoms with E-state index >= 15 is 0 Å². The zero-order valence-corrected chi connectivity index (χ0v) is 15.4. The lowest BCUT2D eigenvalue weighted by Crippen LogP contribution is -2.18. The van der Waals surface area contributed by atoms with Crippen LogP contribution in [0.5, 0.6) is 5.75 Å². The van der Waals surface area contributed by atoms with Gasteiger partial charge in [-0.05, 0) is 37.2 Å². The van der Waals surface area contributed by atoms with Crippen LogP contribution in [0.15, 0.2) is 18.3 Å². The van der Waals surface area contributed by atoms with Gasteiger partial charge in [0.05, 0.1) is 7.11 Å². The second kappa shape index (κ2) is 6.74. The highest BCUT2D eigenvalue weighted by Crippen LogP contribution is 2.57. The van der Waals surface area contributed by atoms with Crippen LogP contribution in [0.4, 0.5) is 5.95 Å². The van der Waals surface area contributed by atoms with Crippen LogP contribution in [0.3, 0.4) is 0 Å². The summed E-state index contributed by atoms with van der Waals surface area (Å²) in [6.07, 6.45) is 9.68. The van der Waals surface area contributed by atoms with Gasteiger partial charge in [0, 0.05) is 17.6 Å². The molecule has 0 amide bonds. The van der Waals surface area contributed by atoms with Gasteiger partial charge in [-0.25, -0.2) is 14.8 Å². The number of ether oxygens (including phenoxy) is 2. The number of hydrogen-bond acceptors (Lipinski definition) is 6. The highest BCUT2D eigenvalue weighted by Gasteiger charge is 2.54. The topological polar surface area (TPSA) is 73.3 Å². The number of nitrogens with zero attached hydrogens (tertiary/aromatic N) is 2. The molecule has 1 unspecified atom stereocenters. The fourth-order valence-corrected chi connectivity index (χ4v) is 4.13. The molecule has 0 saturated heterocycles. The molecule has 2 saturated carbocycles. The lowest BCUT2D eigenvalue weighted by atomic mass is 9.86. The Hall–Kier alpha value is -2.37. The van der Waals surface area contributed by atoms with Crippen molar-refractivity contribution in [1.82, 2.24) is 9.97 Å². The van der Waals surface area contributed by atoms with Gasteiger partial charge in [-0.15, -0.1) is 0 Å². The molecule has 4 rings (SSSR count). The predicted molar refractivity (Wildman–Crippen MR) is 99.3 cm³/mol. The van der Waals surface area contributed by atoms with E-state index in [1.165, 1.54) is 45.6 Å². The number of aromatic nitrogens is 2. The fraction of sp³-hybridized carbons (Fsp3) is 0.550. The average Bonchev–Trinajstić information content (AvgIpc) is 3.31. The molecule has 1 heterocycles. The molecule has 26 heavy (non-hydrogen) atoms. The molecule has 1 atom stereocenters. The van der Waals surface area contributed by atoms with Crippen LogP contribution in [0.25, 0.3) is 10.9 Å². The van der Waals surface area contributed by atoms with E-state index in [0.29, 0.717) is 23.2 Å². The minimum atomic E-state index is -0.411. The molecule has 0 radical (unpaired) electrons. The Labute approximate surface area is 153 Å². The molecule has 138 valence electrons. The van der Waals surface area contributed by atoms with Gasteiger partial charge in [-0.3, -0.25) is 0 Å². The van der Waals surface area contributed by atoms with Crippen LogP contribution >= 0.6 is 0 Å². The second-order valence-electron chi connectivity index (χ2n) is 7.53. The van der Waals surface area contributed by atoms with Crippen molar-refractivity contribution in [3.05, 3.63) is 23.9 Å². The predicted octanol–water partition coefficient (Wildman–Crippen LogP) is 3.62. The van der Waals surface area contributed by atoms with Gasteiger partial charge in [-0.2, -0.15) is 0 Å². The molecule has 2 aliphatic carbocycles. The van der Waals surface area contributed by atoms with E-state index in [2.05, 4.69) is 15.0 Å². The summed E-state index contributed by atoms with van der Waals surface area (Å²) in [6.45, 7) is 1.81. The molecular formula is C20H25N3O3. The summed E-state index contributed by atoms with van der Waals surface area (Å²) in [5, 5.41) is 4.41. The van der Waals surface area contributed by atoms with Gasteiger partial charge in [0.15, 0.2) is 6.61 Å². The molecule has 0 aliphatic heterocycles. The zero-order valence-electron chi connectivity index (χ0n) is 15.4. The third kappa shape index (κ3) is 3.20. The first kappa shape index (κ1) is 17.1. The van der Waals surface area contributed by atoms with Crippen molar-refractivity contribution >= 4 is 22.8 Å². The number of fused-ring (bicyclic) bond motifs is 1.